The molecule has 0 amide bonds. The van der Waals surface area contributed by atoms with E-state index in [4.69, 9.17) is 10.5 Å². The fraction of sp³-hybridized carbons (Fsp3) is 0.643. The smallest absolute Gasteiger partial charge is 0.388 e. The van der Waals surface area contributed by atoms with Crippen LogP contribution in [0.2, 0.25) is 0 Å². The van der Waals surface area contributed by atoms with Gasteiger partial charge in [0.25, 0.3) is 0 Å². The molecule has 1 aliphatic rings. The Labute approximate surface area is 150 Å². The van der Waals surface area contributed by atoms with Crippen molar-refractivity contribution in [3.05, 3.63) is 12.7 Å². The molecule has 3 heterocycles. The predicted octanol–water partition coefficient (Wildman–Crippen LogP) is 1.10. The van der Waals surface area contributed by atoms with Gasteiger partial charge in [0.15, 0.2) is 17.7 Å². The number of hydrogen-bond donors (Lipinski definition) is 3. The van der Waals surface area contributed by atoms with Gasteiger partial charge >= 0.3 is 6.18 Å². The number of alkyl halides is 3. The third-order valence-corrected chi connectivity index (χ3v) is 5.09. The maximum absolute atomic E-state index is 12.1. The Hall–Kier alpha value is -1.63. The van der Waals surface area contributed by atoms with Gasteiger partial charge in [-0.15, -0.1) is 0 Å². The molecule has 0 radical (unpaired) electrons. The highest BCUT2D eigenvalue weighted by atomic mass is 32.2. The van der Waals surface area contributed by atoms with E-state index >= 15 is 0 Å². The molecule has 4 N–H and O–H groups in total. The third-order valence-electron chi connectivity index (χ3n) is 4.08. The van der Waals surface area contributed by atoms with Crippen LogP contribution in [0.1, 0.15) is 19.1 Å². The maximum Gasteiger partial charge on any atom is 0.389 e. The van der Waals surface area contributed by atoms with Crippen molar-refractivity contribution < 1.29 is 28.1 Å². The summed E-state index contributed by atoms with van der Waals surface area (Å²) in [5.74, 6) is 0.497. The summed E-state index contributed by atoms with van der Waals surface area (Å²) in [6, 6.07) is 0. The van der Waals surface area contributed by atoms with E-state index in [0.717, 1.165) is 11.8 Å². The molecule has 0 unspecified atom stereocenters. The van der Waals surface area contributed by atoms with E-state index < -0.39 is 37.1 Å². The molecular weight excluding hydrogens is 375 g/mol. The van der Waals surface area contributed by atoms with Crippen molar-refractivity contribution in [2.75, 3.05) is 17.2 Å². The average Bonchev–Trinajstić information content (AvgIpc) is 3.11. The van der Waals surface area contributed by atoms with Gasteiger partial charge in [0.2, 0.25) is 0 Å². The summed E-state index contributed by atoms with van der Waals surface area (Å²) in [5, 5.41) is 20.5. The molecule has 1 fully saturated rings. The summed E-state index contributed by atoms with van der Waals surface area (Å²) in [6.07, 6.45) is -6.11. The number of halogens is 3. The number of aliphatic hydroxyl groups is 2. The monoisotopic (exact) mass is 393 g/mol. The number of nitrogen functional groups attached to an aromatic ring is 1. The first kappa shape index (κ1) is 19.1. The molecule has 2 aromatic heterocycles. The summed E-state index contributed by atoms with van der Waals surface area (Å²) in [5.41, 5.74) is 6.43. The van der Waals surface area contributed by atoms with E-state index in [1.165, 1.54) is 17.2 Å². The standard InChI is InChI=1S/C14H18F3N5O3S/c15-14(16,17)2-4-26-3-1-7-9(23)10(24)13(25-7)22-6-21-8-11(18)19-5-20-12(8)22/h5-7,9-10,13,23-24H,1-4H2,(H2,18,19,20)/t7-,9-,10-,13-/m1/s1. The summed E-state index contributed by atoms with van der Waals surface area (Å²) in [7, 11) is 0. The van der Waals surface area contributed by atoms with Gasteiger partial charge in [-0.05, 0) is 12.2 Å². The molecule has 1 aliphatic heterocycles. The first-order valence-corrected chi connectivity index (χ1v) is 9.02. The number of rotatable bonds is 6. The molecule has 26 heavy (non-hydrogen) atoms. The van der Waals surface area contributed by atoms with Crippen LogP contribution >= 0.6 is 11.8 Å². The lowest BCUT2D eigenvalue weighted by molar-refractivity contribution is -0.129. The zero-order valence-corrected chi connectivity index (χ0v) is 14.3. The number of imidazole rings is 1. The number of hydrogen-bond acceptors (Lipinski definition) is 8. The number of anilines is 1. The lowest BCUT2D eigenvalue weighted by Gasteiger charge is -2.16. The zero-order chi connectivity index (χ0) is 18.9. The van der Waals surface area contributed by atoms with Crippen LogP contribution in [0.15, 0.2) is 12.7 Å². The first-order valence-electron chi connectivity index (χ1n) is 7.87. The zero-order valence-electron chi connectivity index (χ0n) is 13.5. The van der Waals surface area contributed by atoms with Crippen LogP contribution in [-0.4, -0.2) is 65.7 Å². The van der Waals surface area contributed by atoms with Crippen molar-refractivity contribution in [2.45, 2.75) is 43.6 Å². The minimum atomic E-state index is -4.18. The van der Waals surface area contributed by atoms with Crippen molar-refractivity contribution in [1.29, 1.82) is 0 Å². The Bertz CT molecular complexity index is 759. The molecule has 0 bridgehead atoms. The Morgan fingerprint density at radius 2 is 1.96 bits per heavy atom. The molecule has 0 saturated carbocycles. The summed E-state index contributed by atoms with van der Waals surface area (Å²) in [4.78, 5) is 12.0. The van der Waals surface area contributed by atoms with E-state index in [9.17, 15) is 23.4 Å². The molecule has 2 aromatic rings. The number of nitrogens with zero attached hydrogens (tertiary/aromatic N) is 4. The normalized spacial score (nSPS) is 26.7. The molecule has 0 spiro atoms. The van der Waals surface area contributed by atoms with Gasteiger partial charge in [-0.2, -0.15) is 24.9 Å². The first-order chi connectivity index (χ1) is 12.3. The van der Waals surface area contributed by atoms with Gasteiger partial charge in [-0.3, -0.25) is 4.57 Å². The number of aliphatic hydroxyl groups excluding tert-OH is 2. The van der Waals surface area contributed by atoms with E-state index in [1.54, 1.807) is 0 Å². The third kappa shape index (κ3) is 4.03. The lowest BCUT2D eigenvalue weighted by atomic mass is 10.1. The predicted molar refractivity (Wildman–Crippen MR) is 88.3 cm³/mol. The van der Waals surface area contributed by atoms with Crippen molar-refractivity contribution in [3.63, 3.8) is 0 Å². The topological polar surface area (TPSA) is 119 Å². The molecule has 144 valence electrons. The van der Waals surface area contributed by atoms with Crippen LogP contribution in [0.25, 0.3) is 11.2 Å². The summed E-state index contributed by atoms with van der Waals surface area (Å²) >= 11 is 1.12. The minimum Gasteiger partial charge on any atom is -0.388 e. The fourth-order valence-electron chi connectivity index (χ4n) is 2.74. The maximum atomic E-state index is 12.1. The van der Waals surface area contributed by atoms with Crippen LogP contribution in [-0.2, 0) is 4.74 Å². The highest BCUT2D eigenvalue weighted by Gasteiger charge is 2.44. The van der Waals surface area contributed by atoms with Gasteiger partial charge in [0.1, 0.15) is 24.1 Å². The van der Waals surface area contributed by atoms with Crippen LogP contribution in [0, 0.1) is 0 Å². The Morgan fingerprint density at radius 1 is 1.19 bits per heavy atom. The number of thioether (sulfide) groups is 1. The quantitative estimate of drug-likeness (QED) is 0.625. The Morgan fingerprint density at radius 3 is 2.69 bits per heavy atom. The van der Waals surface area contributed by atoms with Crippen LogP contribution in [0.4, 0.5) is 19.0 Å². The Kier molecular flexibility index (Phi) is 5.55. The highest BCUT2D eigenvalue weighted by Crippen LogP contribution is 2.34. The fourth-order valence-corrected chi connectivity index (χ4v) is 3.72. The second-order valence-electron chi connectivity index (χ2n) is 5.90. The van der Waals surface area contributed by atoms with E-state index in [-0.39, 0.29) is 11.6 Å². The molecule has 8 nitrogen and oxygen atoms in total. The van der Waals surface area contributed by atoms with Gasteiger partial charge in [-0.25, -0.2) is 15.0 Å². The van der Waals surface area contributed by atoms with Gasteiger partial charge in [-0.1, -0.05) is 0 Å². The minimum absolute atomic E-state index is 0.0549. The SMILES string of the molecule is Nc1ncnc2c1ncn2[C@@H]1O[C@H](CCSCCC(F)(F)F)[C@@H](O)[C@H]1O. The van der Waals surface area contributed by atoms with Crippen LogP contribution in [0.5, 0.6) is 0 Å². The van der Waals surface area contributed by atoms with Crippen molar-refractivity contribution >= 4 is 28.7 Å². The van der Waals surface area contributed by atoms with E-state index in [1.807, 2.05) is 0 Å². The molecular formula is C14H18F3N5O3S. The van der Waals surface area contributed by atoms with E-state index in [0.29, 0.717) is 23.3 Å². The van der Waals surface area contributed by atoms with Crippen LogP contribution < -0.4 is 5.73 Å². The van der Waals surface area contributed by atoms with Crippen molar-refractivity contribution in [3.8, 4) is 0 Å². The largest absolute Gasteiger partial charge is 0.389 e. The molecule has 0 aromatic carbocycles. The lowest BCUT2D eigenvalue weighted by Crippen LogP contribution is -2.31. The molecule has 4 atom stereocenters. The molecule has 1 saturated heterocycles. The van der Waals surface area contributed by atoms with Gasteiger partial charge in [0, 0.05) is 5.75 Å². The highest BCUT2D eigenvalue weighted by molar-refractivity contribution is 7.99. The molecule has 12 heteroatoms. The number of ether oxygens (including phenoxy) is 1. The molecule has 0 aliphatic carbocycles. The summed E-state index contributed by atoms with van der Waals surface area (Å²) < 4.78 is 43.5. The summed E-state index contributed by atoms with van der Waals surface area (Å²) in [6.45, 7) is 0. The van der Waals surface area contributed by atoms with Crippen molar-refractivity contribution in [1.82, 2.24) is 19.5 Å². The van der Waals surface area contributed by atoms with Crippen molar-refractivity contribution in [2.24, 2.45) is 0 Å². The van der Waals surface area contributed by atoms with Gasteiger partial charge < -0.3 is 20.7 Å². The second-order valence-corrected chi connectivity index (χ2v) is 7.12. The van der Waals surface area contributed by atoms with Gasteiger partial charge in [0.05, 0.1) is 18.9 Å². The Balaban J connectivity index is 1.61. The second kappa shape index (κ2) is 7.55. The number of nitrogens with two attached hydrogens (primary N) is 1. The molecule has 3 rings (SSSR count). The average molecular weight is 393 g/mol. The van der Waals surface area contributed by atoms with Crippen LogP contribution in [0.3, 0.4) is 0 Å². The van der Waals surface area contributed by atoms with E-state index in [2.05, 4.69) is 15.0 Å². The number of fused-ring (bicyclic) bond motifs is 1. The number of aromatic nitrogens is 4.